The Morgan fingerprint density at radius 1 is 1.06 bits per heavy atom. The van der Waals surface area contributed by atoms with Crippen LogP contribution in [0.1, 0.15) is 44.9 Å². The van der Waals surface area contributed by atoms with Crippen LogP contribution < -0.4 is 5.32 Å². The van der Waals surface area contributed by atoms with Gasteiger partial charge in [-0.05, 0) is 24.7 Å². The molecule has 2 saturated carbocycles. The molecule has 0 aromatic rings. The highest BCUT2D eigenvalue weighted by Crippen LogP contribution is 2.40. The molecule has 0 spiro atoms. The van der Waals surface area contributed by atoms with Gasteiger partial charge in [0, 0.05) is 6.04 Å². The summed E-state index contributed by atoms with van der Waals surface area (Å²) in [6.45, 7) is 1.60. The highest BCUT2D eigenvalue weighted by atomic mass is 16.5. The first-order valence-electron chi connectivity index (χ1n) is 6.87. The van der Waals surface area contributed by atoms with Crippen molar-refractivity contribution in [1.82, 2.24) is 5.32 Å². The maximum atomic E-state index is 5.47. The third-order valence-corrected chi connectivity index (χ3v) is 4.47. The molecule has 0 radical (unpaired) electrons. The molecule has 1 N–H and O–H groups in total. The zero-order chi connectivity index (χ0) is 10.8. The van der Waals surface area contributed by atoms with E-state index in [0.29, 0.717) is 6.04 Å². The lowest BCUT2D eigenvalue weighted by Gasteiger charge is -2.41. The van der Waals surface area contributed by atoms with Gasteiger partial charge in [-0.15, -0.1) is 0 Å². The number of hydrogen-bond donors (Lipinski definition) is 1. The van der Waals surface area contributed by atoms with Crippen LogP contribution >= 0.6 is 0 Å². The number of amidine groups is 1. The van der Waals surface area contributed by atoms with Crippen molar-refractivity contribution in [2.75, 3.05) is 13.2 Å². The van der Waals surface area contributed by atoms with Crippen LogP contribution in [0.4, 0.5) is 0 Å². The summed E-state index contributed by atoms with van der Waals surface area (Å²) in [6.07, 6.45) is 9.88. The fraction of sp³-hybridized carbons (Fsp3) is 0.923. The largest absolute Gasteiger partial charge is 0.463 e. The van der Waals surface area contributed by atoms with Crippen molar-refractivity contribution in [3.63, 3.8) is 0 Å². The molecule has 90 valence electrons. The average molecular weight is 222 g/mol. The predicted octanol–water partition coefficient (Wildman–Crippen LogP) is 2.32. The van der Waals surface area contributed by atoms with Gasteiger partial charge in [0.1, 0.15) is 6.61 Å². The highest BCUT2D eigenvalue weighted by Gasteiger charge is 2.35. The van der Waals surface area contributed by atoms with Gasteiger partial charge in [0.05, 0.1) is 6.54 Å². The van der Waals surface area contributed by atoms with Gasteiger partial charge in [-0.25, -0.2) is 4.99 Å². The molecule has 1 aliphatic heterocycles. The normalized spacial score (nSPS) is 38.5. The molecule has 0 bridgehead atoms. The van der Waals surface area contributed by atoms with E-state index in [2.05, 4.69) is 10.3 Å². The van der Waals surface area contributed by atoms with Crippen LogP contribution in [0.2, 0.25) is 0 Å². The van der Waals surface area contributed by atoms with Gasteiger partial charge in [0.15, 0.2) is 0 Å². The Morgan fingerprint density at radius 2 is 1.94 bits per heavy atom. The Hall–Kier alpha value is -0.730. The van der Waals surface area contributed by atoms with Gasteiger partial charge in [-0.2, -0.15) is 0 Å². The van der Waals surface area contributed by atoms with Crippen LogP contribution in [0.25, 0.3) is 0 Å². The van der Waals surface area contributed by atoms with E-state index in [4.69, 9.17) is 4.74 Å². The molecule has 1 heterocycles. The second-order valence-corrected chi connectivity index (χ2v) is 5.43. The summed E-state index contributed by atoms with van der Waals surface area (Å²) in [5.74, 6) is 1.86. The molecule has 0 amide bonds. The number of nitrogens with zero attached hydrogens (tertiary/aromatic N) is 1. The lowest BCUT2D eigenvalue weighted by Crippen LogP contribution is -2.46. The van der Waals surface area contributed by atoms with Gasteiger partial charge in [-0.1, -0.05) is 32.1 Å². The van der Waals surface area contributed by atoms with E-state index >= 15 is 0 Å². The average Bonchev–Trinajstić information content (AvgIpc) is 2.82. The molecule has 3 nitrogen and oxygen atoms in total. The molecule has 2 aliphatic carbocycles. The van der Waals surface area contributed by atoms with Crippen LogP contribution in [0.3, 0.4) is 0 Å². The van der Waals surface area contributed by atoms with Crippen molar-refractivity contribution in [1.29, 1.82) is 0 Å². The zero-order valence-corrected chi connectivity index (χ0v) is 9.95. The molecule has 0 aromatic carbocycles. The number of fused-ring (bicyclic) bond motifs is 1. The van der Waals surface area contributed by atoms with Gasteiger partial charge in [-0.3, -0.25) is 0 Å². The monoisotopic (exact) mass is 222 g/mol. The maximum Gasteiger partial charge on any atom is 0.285 e. The fourth-order valence-electron chi connectivity index (χ4n) is 3.70. The SMILES string of the molecule is C1CC[C@H]2[C@@H](C1)CCC[C@@H]2NC1=NCCO1. The molecular weight excluding hydrogens is 200 g/mol. The van der Waals surface area contributed by atoms with Gasteiger partial charge in [0.2, 0.25) is 0 Å². The molecule has 0 unspecified atom stereocenters. The summed E-state index contributed by atoms with van der Waals surface area (Å²) < 4.78 is 5.47. The first-order valence-corrected chi connectivity index (χ1v) is 6.87. The van der Waals surface area contributed by atoms with Crippen molar-refractivity contribution in [3.8, 4) is 0 Å². The summed E-state index contributed by atoms with van der Waals surface area (Å²) in [7, 11) is 0. The Labute approximate surface area is 97.7 Å². The van der Waals surface area contributed by atoms with Crippen LogP contribution in [0.5, 0.6) is 0 Å². The Kier molecular flexibility index (Phi) is 3.02. The maximum absolute atomic E-state index is 5.47. The van der Waals surface area contributed by atoms with E-state index in [0.717, 1.165) is 31.0 Å². The van der Waals surface area contributed by atoms with E-state index in [9.17, 15) is 0 Å². The molecule has 3 rings (SSSR count). The Morgan fingerprint density at radius 3 is 2.81 bits per heavy atom. The quantitative estimate of drug-likeness (QED) is 0.738. The van der Waals surface area contributed by atoms with E-state index in [1.807, 2.05) is 0 Å². The first kappa shape index (κ1) is 10.4. The minimum atomic E-state index is 0.635. The topological polar surface area (TPSA) is 33.6 Å². The number of ether oxygens (including phenoxy) is 1. The number of nitrogens with one attached hydrogen (secondary N) is 1. The molecule has 2 fully saturated rings. The third-order valence-electron chi connectivity index (χ3n) is 4.47. The summed E-state index contributed by atoms with van der Waals surface area (Å²) in [4.78, 5) is 4.35. The summed E-state index contributed by atoms with van der Waals surface area (Å²) >= 11 is 0. The van der Waals surface area contributed by atoms with Crippen LogP contribution in [0, 0.1) is 11.8 Å². The van der Waals surface area contributed by atoms with Crippen molar-refractivity contribution in [2.24, 2.45) is 16.8 Å². The second-order valence-electron chi connectivity index (χ2n) is 5.43. The fourth-order valence-corrected chi connectivity index (χ4v) is 3.70. The molecular formula is C13H22N2O. The molecule has 0 aromatic heterocycles. The number of aliphatic imine (C=N–C) groups is 1. The minimum absolute atomic E-state index is 0.635. The van der Waals surface area contributed by atoms with Crippen molar-refractivity contribution in [2.45, 2.75) is 51.0 Å². The highest BCUT2D eigenvalue weighted by molar-refractivity contribution is 5.75. The van der Waals surface area contributed by atoms with Gasteiger partial charge < -0.3 is 10.1 Å². The third kappa shape index (κ3) is 2.04. The van der Waals surface area contributed by atoms with Gasteiger partial charge in [0.25, 0.3) is 6.02 Å². The number of hydrogen-bond acceptors (Lipinski definition) is 3. The van der Waals surface area contributed by atoms with Crippen LogP contribution in [0.15, 0.2) is 4.99 Å². The van der Waals surface area contributed by atoms with E-state index < -0.39 is 0 Å². The zero-order valence-electron chi connectivity index (χ0n) is 9.95. The standard InChI is InChI=1S/C13H22N2O/c1-2-6-11-10(4-1)5-3-7-12(11)15-13-14-8-9-16-13/h10-12H,1-9H2,(H,14,15)/t10-,11-,12-/m0/s1. The molecule has 3 heteroatoms. The van der Waals surface area contributed by atoms with E-state index in [-0.39, 0.29) is 0 Å². The number of rotatable bonds is 1. The predicted molar refractivity (Wildman–Crippen MR) is 64.5 cm³/mol. The molecule has 3 aliphatic rings. The molecule has 16 heavy (non-hydrogen) atoms. The molecule has 3 atom stereocenters. The summed E-state index contributed by atoms with van der Waals surface area (Å²) in [6, 6.07) is 1.45. The summed E-state index contributed by atoms with van der Waals surface area (Å²) in [5.41, 5.74) is 0. The van der Waals surface area contributed by atoms with E-state index in [1.165, 1.54) is 44.9 Å². The van der Waals surface area contributed by atoms with Crippen molar-refractivity contribution < 1.29 is 4.74 Å². The van der Waals surface area contributed by atoms with Crippen molar-refractivity contribution in [3.05, 3.63) is 0 Å². The lowest BCUT2D eigenvalue weighted by molar-refractivity contribution is 0.132. The molecule has 0 saturated heterocycles. The summed E-state index contributed by atoms with van der Waals surface area (Å²) in [5, 5.41) is 3.54. The van der Waals surface area contributed by atoms with Gasteiger partial charge >= 0.3 is 0 Å². The Bertz CT molecular complexity index is 275. The Balaban J connectivity index is 1.63. The van der Waals surface area contributed by atoms with E-state index in [1.54, 1.807) is 0 Å². The first-order chi connectivity index (χ1) is 7.93. The van der Waals surface area contributed by atoms with Crippen molar-refractivity contribution >= 4 is 6.02 Å². The van der Waals surface area contributed by atoms with Crippen LogP contribution in [-0.4, -0.2) is 25.2 Å². The smallest absolute Gasteiger partial charge is 0.285 e. The second kappa shape index (κ2) is 4.64. The minimum Gasteiger partial charge on any atom is -0.463 e. The lowest BCUT2D eigenvalue weighted by atomic mass is 9.68. The van der Waals surface area contributed by atoms with Crippen LogP contribution in [-0.2, 0) is 4.74 Å².